The molecule has 4 heterocycles. The topological polar surface area (TPSA) is 110 Å². The van der Waals surface area contributed by atoms with Gasteiger partial charge in [0.25, 0.3) is 5.91 Å². The molecule has 0 spiro atoms. The number of hydrogen-bond acceptors (Lipinski definition) is 9. The van der Waals surface area contributed by atoms with Crippen LogP contribution in [0.15, 0.2) is 66.7 Å². The number of piperidine rings is 2. The number of phenols is 1. The van der Waals surface area contributed by atoms with Gasteiger partial charge in [0.15, 0.2) is 0 Å². The third-order valence-electron chi connectivity index (χ3n) is 8.72. The third-order valence-corrected chi connectivity index (χ3v) is 8.72. The minimum atomic E-state index is -0.366. The van der Waals surface area contributed by atoms with Gasteiger partial charge >= 0.3 is 0 Å². The summed E-state index contributed by atoms with van der Waals surface area (Å²) in [5.74, 6) is 1.56. The standard InChI is InChI=1S/C34H38N8O2/c43-30-21-28(42-22-24-9-3-4-10-25(24)23-42)15-16-29(30)31(44)35-26-11-13-27(14-12-26)36-32-37-33(40-17-5-1-6-18-40)39-34(38-32)41-19-7-2-8-20-41/h3-4,9-16,21,43H,1-2,5-8,17-20,22-23H2,(H,35,44)(H,36,37,38,39). The Morgan fingerprint density at radius 1 is 0.659 bits per heavy atom. The molecule has 4 aromatic rings. The second-order valence-electron chi connectivity index (χ2n) is 11.8. The summed E-state index contributed by atoms with van der Waals surface area (Å²) in [4.78, 5) is 34.2. The fraction of sp³-hybridized carbons (Fsp3) is 0.353. The SMILES string of the molecule is O=C(Nc1ccc(Nc2nc(N3CCCCC3)nc(N3CCCCC3)n2)cc1)c1ccc(N2Cc3ccccc3C2)cc1O. The lowest BCUT2D eigenvalue weighted by Gasteiger charge is -2.30. The molecule has 226 valence electrons. The van der Waals surface area contributed by atoms with Crippen LogP contribution >= 0.6 is 0 Å². The first-order valence-electron chi connectivity index (χ1n) is 15.7. The Balaban J connectivity index is 1.02. The van der Waals surface area contributed by atoms with E-state index in [0.29, 0.717) is 11.6 Å². The fourth-order valence-electron chi connectivity index (χ4n) is 6.27. The molecule has 1 aromatic heterocycles. The summed E-state index contributed by atoms with van der Waals surface area (Å²) in [6.45, 7) is 5.41. The largest absolute Gasteiger partial charge is 0.507 e. The summed E-state index contributed by atoms with van der Waals surface area (Å²) >= 11 is 0. The Morgan fingerprint density at radius 2 is 1.23 bits per heavy atom. The van der Waals surface area contributed by atoms with E-state index in [1.807, 2.05) is 42.5 Å². The first kappa shape index (κ1) is 27.9. The van der Waals surface area contributed by atoms with Crippen molar-refractivity contribution in [2.75, 3.05) is 51.5 Å². The number of aromatic hydroxyl groups is 1. The number of fused-ring (bicyclic) bond motifs is 1. The Labute approximate surface area is 257 Å². The van der Waals surface area contributed by atoms with Crippen molar-refractivity contribution in [3.63, 3.8) is 0 Å². The van der Waals surface area contributed by atoms with Crippen molar-refractivity contribution in [2.24, 2.45) is 0 Å². The van der Waals surface area contributed by atoms with Gasteiger partial charge < -0.3 is 30.4 Å². The molecule has 0 unspecified atom stereocenters. The Hall–Kier alpha value is -4.86. The normalized spacial score (nSPS) is 16.5. The van der Waals surface area contributed by atoms with E-state index >= 15 is 0 Å². The van der Waals surface area contributed by atoms with Gasteiger partial charge in [0.05, 0.1) is 5.56 Å². The predicted octanol–water partition coefficient (Wildman–Crippen LogP) is 6.07. The maximum absolute atomic E-state index is 13.1. The van der Waals surface area contributed by atoms with Crippen molar-refractivity contribution >= 4 is 40.8 Å². The van der Waals surface area contributed by atoms with Crippen LogP contribution in [0.1, 0.15) is 60.0 Å². The second-order valence-corrected chi connectivity index (χ2v) is 11.8. The zero-order valence-corrected chi connectivity index (χ0v) is 24.9. The molecular formula is C34H38N8O2. The highest BCUT2D eigenvalue weighted by Crippen LogP contribution is 2.32. The zero-order chi connectivity index (χ0) is 29.9. The molecule has 1 amide bonds. The number of phenolic OH excluding ortho intramolecular Hbond substituents is 1. The van der Waals surface area contributed by atoms with Gasteiger partial charge in [0.1, 0.15) is 5.75 Å². The average molecular weight is 591 g/mol. The van der Waals surface area contributed by atoms with Crippen LogP contribution in [0.5, 0.6) is 5.75 Å². The zero-order valence-electron chi connectivity index (χ0n) is 24.9. The summed E-state index contributed by atoms with van der Waals surface area (Å²) in [6.07, 6.45) is 7.08. The van der Waals surface area contributed by atoms with Gasteiger partial charge in [-0.05, 0) is 86.1 Å². The fourth-order valence-corrected chi connectivity index (χ4v) is 6.27. The number of aromatic nitrogens is 3. The molecule has 3 aromatic carbocycles. The van der Waals surface area contributed by atoms with Crippen LogP contribution in [0.2, 0.25) is 0 Å². The molecule has 3 aliphatic heterocycles. The molecule has 10 nitrogen and oxygen atoms in total. The molecule has 0 radical (unpaired) electrons. The Bertz CT molecular complexity index is 1570. The molecule has 3 aliphatic rings. The molecule has 2 saturated heterocycles. The summed E-state index contributed by atoms with van der Waals surface area (Å²) in [7, 11) is 0. The van der Waals surface area contributed by atoms with Crippen molar-refractivity contribution in [1.82, 2.24) is 15.0 Å². The van der Waals surface area contributed by atoms with Crippen LogP contribution in [-0.2, 0) is 13.1 Å². The maximum Gasteiger partial charge on any atom is 0.259 e. The van der Waals surface area contributed by atoms with Crippen LogP contribution in [0.4, 0.5) is 34.9 Å². The number of amides is 1. The van der Waals surface area contributed by atoms with E-state index < -0.39 is 0 Å². The number of nitrogens with zero attached hydrogens (tertiary/aromatic N) is 6. The molecular weight excluding hydrogens is 552 g/mol. The van der Waals surface area contributed by atoms with Crippen LogP contribution < -0.4 is 25.3 Å². The van der Waals surface area contributed by atoms with Gasteiger partial charge in [-0.1, -0.05) is 24.3 Å². The number of anilines is 6. The number of hydrogen-bond donors (Lipinski definition) is 3. The van der Waals surface area contributed by atoms with Crippen LogP contribution in [0.3, 0.4) is 0 Å². The molecule has 10 heteroatoms. The van der Waals surface area contributed by atoms with Gasteiger partial charge in [0.2, 0.25) is 17.8 Å². The van der Waals surface area contributed by atoms with E-state index in [9.17, 15) is 9.90 Å². The summed E-state index contributed by atoms with van der Waals surface area (Å²) < 4.78 is 0. The van der Waals surface area contributed by atoms with E-state index in [-0.39, 0.29) is 17.2 Å². The minimum Gasteiger partial charge on any atom is -0.507 e. The molecule has 44 heavy (non-hydrogen) atoms. The van der Waals surface area contributed by atoms with Gasteiger partial charge in [0, 0.05) is 62.4 Å². The van der Waals surface area contributed by atoms with Crippen molar-refractivity contribution in [2.45, 2.75) is 51.6 Å². The van der Waals surface area contributed by atoms with Crippen molar-refractivity contribution < 1.29 is 9.90 Å². The lowest BCUT2D eigenvalue weighted by atomic mass is 10.1. The highest BCUT2D eigenvalue weighted by atomic mass is 16.3. The third kappa shape index (κ3) is 6.10. The van der Waals surface area contributed by atoms with E-state index in [4.69, 9.17) is 15.0 Å². The van der Waals surface area contributed by atoms with E-state index in [1.54, 1.807) is 12.1 Å². The number of rotatable bonds is 7. The minimum absolute atomic E-state index is 0.0434. The molecule has 3 N–H and O–H groups in total. The molecule has 0 atom stereocenters. The number of benzene rings is 3. The maximum atomic E-state index is 13.1. The molecule has 0 bridgehead atoms. The summed E-state index contributed by atoms with van der Waals surface area (Å²) in [6, 6.07) is 21.0. The van der Waals surface area contributed by atoms with Gasteiger partial charge in [-0.3, -0.25) is 4.79 Å². The summed E-state index contributed by atoms with van der Waals surface area (Å²) in [5.41, 5.74) is 5.11. The van der Waals surface area contributed by atoms with Gasteiger partial charge in [-0.25, -0.2) is 0 Å². The Kier molecular flexibility index (Phi) is 7.87. The molecule has 7 rings (SSSR count). The lowest BCUT2D eigenvalue weighted by molar-refractivity contribution is 0.102. The first-order valence-corrected chi connectivity index (χ1v) is 15.7. The Morgan fingerprint density at radius 3 is 1.80 bits per heavy atom. The number of carbonyl (C=O) groups is 1. The van der Waals surface area contributed by atoms with Gasteiger partial charge in [-0.2, -0.15) is 15.0 Å². The van der Waals surface area contributed by atoms with Crippen molar-refractivity contribution in [1.29, 1.82) is 0 Å². The second kappa shape index (κ2) is 12.4. The van der Waals surface area contributed by atoms with E-state index in [0.717, 1.165) is 88.2 Å². The molecule has 0 aliphatic carbocycles. The quantitative estimate of drug-likeness (QED) is 0.236. The lowest BCUT2D eigenvalue weighted by Crippen LogP contribution is -2.34. The van der Waals surface area contributed by atoms with E-state index in [2.05, 4.69) is 37.5 Å². The molecule has 0 saturated carbocycles. The van der Waals surface area contributed by atoms with Crippen LogP contribution in [0, 0.1) is 0 Å². The van der Waals surface area contributed by atoms with Crippen molar-refractivity contribution in [3.05, 3.63) is 83.4 Å². The predicted molar refractivity (Wildman–Crippen MR) is 174 cm³/mol. The van der Waals surface area contributed by atoms with Crippen LogP contribution in [0.25, 0.3) is 0 Å². The highest BCUT2D eigenvalue weighted by Gasteiger charge is 2.22. The monoisotopic (exact) mass is 590 g/mol. The van der Waals surface area contributed by atoms with E-state index in [1.165, 1.54) is 24.0 Å². The first-order chi connectivity index (χ1) is 21.6. The highest BCUT2D eigenvalue weighted by molar-refractivity contribution is 6.06. The number of nitrogens with one attached hydrogen (secondary N) is 2. The van der Waals surface area contributed by atoms with Gasteiger partial charge in [-0.15, -0.1) is 0 Å². The molecule has 2 fully saturated rings. The average Bonchev–Trinajstić information content (AvgIpc) is 3.51. The smallest absolute Gasteiger partial charge is 0.259 e. The van der Waals surface area contributed by atoms with Crippen LogP contribution in [-0.4, -0.2) is 52.1 Å². The van der Waals surface area contributed by atoms with Crippen molar-refractivity contribution in [3.8, 4) is 5.75 Å². The number of carbonyl (C=O) groups excluding carboxylic acids is 1. The summed E-state index contributed by atoms with van der Waals surface area (Å²) in [5, 5.41) is 17.0.